The standard InChI is InChI=1S/C8H15.BrH.Mg/c1-4-5-6-7-8(2)3;;/h4,7H,5-6H2,1-3H3;1H;/q-1;;+2/p-1. The van der Waals surface area contributed by atoms with Gasteiger partial charge < -0.3 is 23.4 Å². The molecule has 0 fully saturated rings. The van der Waals surface area contributed by atoms with Crippen molar-refractivity contribution in [2.45, 2.75) is 33.6 Å². The van der Waals surface area contributed by atoms with Crippen molar-refractivity contribution in [1.82, 2.24) is 0 Å². The van der Waals surface area contributed by atoms with Crippen LogP contribution in [0.5, 0.6) is 0 Å². The minimum Gasteiger partial charge on any atom is -1.00 e. The average Bonchev–Trinajstić information content (AvgIpc) is 1.66. The number of halogens is 1. The van der Waals surface area contributed by atoms with Gasteiger partial charge in [0.15, 0.2) is 0 Å². The summed E-state index contributed by atoms with van der Waals surface area (Å²) < 4.78 is 0. The SMILES string of the molecule is C[CH-]CCC=C(C)C.[Br-].[Mg+2]. The number of hydrogen-bond acceptors (Lipinski definition) is 0. The van der Waals surface area contributed by atoms with E-state index in [0.717, 1.165) is 0 Å². The van der Waals surface area contributed by atoms with Crippen molar-refractivity contribution in [3.05, 3.63) is 18.1 Å². The Kier molecular flexibility index (Phi) is 21.7. The van der Waals surface area contributed by atoms with Gasteiger partial charge in [0.25, 0.3) is 0 Å². The second kappa shape index (κ2) is 12.6. The first-order chi connectivity index (χ1) is 3.77. The van der Waals surface area contributed by atoms with Gasteiger partial charge in [-0.15, -0.1) is 0 Å². The molecule has 0 aromatic carbocycles. The van der Waals surface area contributed by atoms with Crippen LogP contribution in [0, 0.1) is 6.42 Å². The van der Waals surface area contributed by atoms with Crippen LogP contribution in [0.2, 0.25) is 0 Å². The van der Waals surface area contributed by atoms with Gasteiger partial charge in [0.1, 0.15) is 0 Å². The van der Waals surface area contributed by atoms with Gasteiger partial charge in [0.05, 0.1) is 0 Å². The molecular formula is C8H15BrMg. The Morgan fingerprint density at radius 2 is 1.90 bits per heavy atom. The number of rotatable bonds is 3. The molecule has 0 unspecified atom stereocenters. The fourth-order valence-corrected chi connectivity index (χ4v) is 0.539. The van der Waals surface area contributed by atoms with Crippen LogP contribution in [0.4, 0.5) is 0 Å². The van der Waals surface area contributed by atoms with Crippen molar-refractivity contribution in [2.75, 3.05) is 0 Å². The van der Waals surface area contributed by atoms with Gasteiger partial charge >= 0.3 is 23.1 Å². The quantitative estimate of drug-likeness (QED) is 0.260. The van der Waals surface area contributed by atoms with E-state index >= 15 is 0 Å². The summed E-state index contributed by atoms with van der Waals surface area (Å²) in [7, 11) is 0. The summed E-state index contributed by atoms with van der Waals surface area (Å²) in [5, 5.41) is 0. The van der Waals surface area contributed by atoms with E-state index in [9.17, 15) is 0 Å². The van der Waals surface area contributed by atoms with E-state index in [1.807, 2.05) is 0 Å². The fourth-order valence-electron chi connectivity index (χ4n) is 0.539. The number of unbranched alkanes of at least 4 members (excludes halogenated alkanes) is 2. The largest absolute Gasteiger partial charge is 2.00 e. The maximum Gasteiger partial charge on any atom is 2.00 e. The predicted octanol–water partition coefficient (Wildman–Crippen LogP) is -0.420. The molecule has 0 aliphatic carbocycles. The van der Waals surface area contributed by atoms with Crippen molar-refractivity contribution in [3.8, 4) is 0 Å². The number of hydrogen-bond donors (Lipinski definition) is 0. The third kappa shape index (κ3) is 16.0. The fraction of sp³-hybridized carbons (Fsp3) is 0.625. The normalized spacial score (nSPS) is 7.10. The topological polar surface area (TPSA) is 0 Å². The first-order valence-corrected chi connectivity index (χ1v) is 3.18. The monoisotopic (exact) mass is 214 g/mol. The molecule has 0 saturated carbocycles. The molecule has 0 aromatic rings. The summed E-state index contributed by atoms with van der Waals surface area (Å²) in [6, 6.07) is 0. The van der Waals surface area contributed by atoms with E-state index in [1.54, 1.807) is 0 Å². The molecule has 0 atom stereocenters. The van der Waals surface area contributed by atoms with Crippen LogP contribution in [0.15, 0.2) is 11.6 Å². The molecule has 0 aliphatic heterocycles. The molecule has 0 bridgehead atoms. The van der Waals surface area contributed by atoms with Crippen molar-refractivity contribution in [2.24, 2.45) is 0 Å². The molecule has 0 N–H and O–H groups in total. The predicted molar refractivity (Wildman–Crippen MR) is 44.4 cm³/mol. The molecule has 0 amide bonds. The zero-order valence-corrected chi connectivity index (χ0v) is 10.2. The third-order valence-corrected chi connectivity index (χ3v) is 1.01. The van der Waals surface area contributed by atoms with Crippen molar-refractivity contribution < 1.29 is 17.0 Å². The van der Waals surface area contributed by atoms with E-state index in [0.29, 0.717) is 0 Å². The molecule has 0 rings (SSSR count). The first kappa shape index (κ1) is 17.2. The average molecular weight is 215 g/mol. The minimum absolute atomic E-state index is 0. The molecular weight excluding hydrogens is 200 g/mol. The zero-order chi connectivity index (χ0) is 6.41. The van der Waals surface area contributed by atoms with Crippen molar-refractivity contribution >= 4 is 23.1 Å². The van der Waals surface area contributed by atoms with Gasteiger partial charge in [-0.05, 0) is 13.8 Å². The van der Waals surface area contributed by atoms with E-state index in [1.165, 1.54) is 18.4 Å². The molecule has 2 heteroatoms. The summed E-state index contributed by atoms with van der Waals surface area (Å²) >= 11 is 0. The van der Waals surface area contributed by atoms with Gasteiger partial charge in [-0.2, -0.15) is 13.3 Å². The van der Waals surface area contributed by atoms with Crippen LogP contribution in [0.3, 0.4) is 0 Å². The van der Waals surface area contributed by atoms with Crippen molar-refractivity contribution in [1.29, 1.82) is 0 Å². The number of allylic oxidation sites excluding steroid dienone is 2. The van der Waals surface area contributed by atoms with Gasteiger partial charge in [0, 0.05) is 0 Å². The summed E-state index contributed by atoms with van der Waals surface area (Å²) in [6.45, 7) is 6.37. The van der Waals surface area contributed by atoms with Crippen LogP contribution in [0.25, 0.3) is 0 Å². The summed E-state index contributed by atoms with van der Waals surface area (Å²) in [5.41, 5.74) is 1.42. The Hall–Kier alpha value is 0.986. The van der Waals surface area contributed by atoms with Crippen LogP contribution in [-0.4, -0.2) is 23.1 Å². The third-order valence-electron chi connectivity index (χ3n) is 1.01. The molecule has 0 radical (unpaired) electrons. The molecule has 10 heavy (non-hydrogen) atoms. The van der Waals surface area contributed by atoms with Gasteiger partial charge in [0.2, 0.25) is 0 Å². The molecule has 0 nitrogen and oxygen atoms in total. The second-order valence-corrected chi connectivity index (χ2v) is 2.27. The van der Waals surface area contributed by atoms with Crippen LogP contribution < -0.4 is 17.0 Å². The summed E-state index contributed by atoms with van der Waals surface area (Å²) in [4.78, 5) is 0. The van der Waals surface area contributed by atoms with E-state index in [4.69, 9.17) is 0 Å². The summed E-state index contributed by atoms with van der Waals surface area (Å²) in [5.74, 6) is 0. The van der Waals surface area contributed by atoms with E-state index in [-0.39, 0.29) is 40.0 Å². The maximum atomic E-state index is 2.26. The van der Waals surface area contributed by atoms with Crippen LogP contribution in [-0.2, 0) is 0 Å². The second-order valence-electron chi connectivity index (χ2n) is 2.27. The van der Waals surface area contributed by atoms with Gasteiger partial charge in [-0.1, -0.05) is 18.1 Å². The Morgan fingerprint density at radius 3 is 2.20 bits per heavy atom. The summed E-state index contributed by atoms with van der Waals surface area (Å²) in [6.07, 6.45) is 6.88. The van der Waals surface area contributed by atoms with Crippen molar-refractivity contribution in [3.63, 3.8) is 0 Å². The molecule has 0 aliphatic rings. The van der Waals surface area contributed by atoms with Crippen LogP contribution >= 0.6 is 0 Å². The van der Waals surface area contributed by atoms with Gasteiger partial charge in [-0.25, -0.2) is 0 Å². The Labute approximate surface area is 91.4 Å². The molecule has 0 heterocycles. The Balaban J connectivity index is -0.000000245. The molecule has 0 saturated heterocycles. The molecule has 0 aromatic heterocycles. The first-order valence-electron chi connectivity index (χ1n) is 3.18. The van der Waals surface area contributed by atoms with Gasteiger partial charge in [-0.3, -0.25) is 0 Å². The molecule has 0 spiro atoms. The minimum atomic E-state index is 0. The van der Waals surface area contributed by atoms with E-state index in [2.05, 4.69) is 33.3 Å². The zero-order valence-electron chi connectivity index (χ0n) is 7.15. The Morgan fingerprint density at radius 1 is 1.40 bits per heavy atom. The molecule has 56 valence electrons. The van der Waals surface area contributed by atoms with E-state index < -0.39 is 0 Å². The maximum absolute atomic E-state index is 2.26. The van der Waals surface area contributed by atoms with Crippen LogP contribution in [0.1, 0.15) is 33.6 Å². The smallest absolute Gasteiger partial charge is 1.00 e. The Bertz CT molecular complexity index is 75.3.